The molecule has 0 spiro atoms. The standard InChI is InChI=1S/C17H15NO/c18-16(13-7-2-1-3-8-13)15-11-10-12-6-4-5-9-14(12)17(15)19/h1-11,16,19H,18H2/t16-/m0/s1. The maximum Gasteiger partial charge on any atom is 0.128 e. The first kappa shape index (κ1) is 11.8. The van der Waals surface area contributed by atoms with E-state index in [-0.39, 0.29) is 11.8 Å². The summed E-state index contributed by atoms with van der Waals surface area (Å²) < 4.78 is 0. The summed E-state index contributed by atoms with van der Waals surface area (Å²) in [7, 11) is 0. The molecule has 0 aliphatic heterocycles. The van der Waals surface area contributed by atoms with E-state index in [1.807, 2.05) is 66.7 Å². The fourth-order valence-corrected chi connectivity index (χ4v) is 2.36. The molecule has 1 atom stereocenters. The van der Waals surface area contributed by atoms with E-state index in [0.717, 1.165) is 21.9 Å². The molecule has 0 amide bonds. The lowest BCUT2D eigenvalue weighted by Gasteiger charge is -2.15. The van der Waals surface area contributed by atoms with Crippen molar-refractivity contribution in [3.8, 4) is 5.75 Å². The molecule has 0 unspecified atom stereocenters. The smallest absolute Gasteiger partial charge is 0.128 e. The predicted molar refractivity (Wildman–Crippen MR) is 78.1 cm³/mol. The van der Waals surface area contributed by atoms with E-state index < -0.39 is 0 Å². The lowest BCUT2D eigenvalue weighted by atomic mass is 9.96. The highest BCUT2D eigenvalue weighted by Gasteiger charge is 2.14. The van der Waals surface area contributed by atoms with Crippen molar-refractivity contribution in [2.45, 2.75) is 6.04 Å². The summed E-state index contributed by atoms with van der Waals surface area (Å²) in [5.74, 6) is 0.273. The van der Waals surface area contributed by atoms with E-state index in [2.05, 4.69) is 0 Å². The van der Waals surface area contributed by atoms with Gasteiger partial charge in [0.2, 0.25) is 0 Å². The van der Waals surface area contributed by atoms with Crippen LogP contribution in [0.5, 0.6) is 5.75 Å². The van der Waals surface area contributed by atoms with E-state index in [9.17, 15) is 5.11 Å². The first-order valence-electron chi connectivity index (χ1n) is 6.28. The average Bonchev–Trinajstić information content (AvgIpc) is 2.48. The SMILES string of the molecule is N[C@@H](c1ccccc1)c1ccc2ccccc2c1O. The summed E-state index contributed by atoms with van der Waals surface area (Å²) in [6, 6.07) is 21.1. The molecule has 0 saturated heterocycles. The van der Waals surface area contributed by atoms with Crippen LogP contribution in [0.1, 0.15) is 17.2 Å². The Balaban J connectivity index is 2.13. The molecular weight excluding hydrogens is 234 g/mol. The molecule has 19 heavy (non-hydrogen) atoms. The maximum absolute atomic E-state index is 10.4. The van der Waals surface area contributed by atoms with Crippen molar-refractivity contribution in [3.05, 3.63) is 77.9 Å². The zero-order valence-corrected chi connectivity index (χ0v) is 10.5. The quantitative estimate of drug-likeness (QED) is 0.729. The summed E-state index contributed by atoms with van der Waals surface area (Å²) in [6.07, 6.45) is 0. The third-order valence-corrected chi connectivity index (χ3v) is 3.43. The van der Waals surface area contributed by atoms with Gasteiger partial charge in [-0.25, -0.2) is 0 Å². The zero-order valence-electron chi connectivity index (χ0n) is 10.5. The minimum Gasteiger partial charge on any atom is -0.507 e. The van der Waals surface area contributed by atoms with Gasteiger partial charge in [-0.2, -0.15) is 0 Å². The van der Waals surface area contributed by atoms with Crippen molar-refractivity contribution in [1.29, 1.82) is 0 Å². The predicted octanol–water partition coefficient (Wildman–Crippen LogP) is 3.59. The van der Waals surface area contributed by atoms with Crippen LogP contribution >= 0.6 is 0 Å². The van der Waals surface area contributed by atoms with Crippen molar-refractivity contribution in [2.75, 3.05) is 0 Å². The highest BCUT2D eigenvalue weighted by Crippen LogP contribution is 2.33. The Bertz CT molecular complexity index is 707. The van der Waals surface area contributed by atoms with Gasteiger partial charge in [0.25, 0.3) is 0 Å². The average molecular weight is 249 g/mol. The van der Waals surface area contributed by atoms with Gasteiger partial charge in [-0.15, -0.1) is 0 Å². The first-order chi connectivity index (χ1) is 9.27. The Hall–Kier alpha value is -2.32. The summed E-state index contributed by atoms with van der Waals surface area (Å²) in [5, 5.41) is 12.3. The van der Waals surface area contributed by atoms with E-state index in [0.29, 0.717) is 0 Å². The second-order valence-electron chi connectivity index (χ2n) is 4.61. The van der Waals surface area contributed by atoms with Crippen molar-refractivity contribution in [3.63, 3.8) is 0 Å². The number of phenolic OH excluding ortho intramolecular Hbond substituents is 1. The number of nitrogens with two attached hydrogens (primary N) is 1. The second-order valence-corrected chi connectivity index (χ2v) is 4.61. The number of phenols is 1. The summed E-state index contributed by atoms with van der Waals surface area (Å²) in [4.78, 5) is 0. The molecule has 3 rings (SSSR count). The normalized spacial score (nSPS) is 12.5. The molecule has 0 aliphatic carbocycles. The van der Waals surface area contributed by atoms with Crippen LogP contribution in [0.25, 0.3) is 10.8 Å². The molecule has 0 heterocycles. The molecule has 0 fully saturated rings. The molecule has 0 saturated carbocycles. The molecule has 94 valence electrons. The largest absolute Gasteiger partial charge is 0.507 e. The minimum absolute atomic E-state index is 0.273. The number of benzene rings is 3. The van der Waals surface area contributed by atoms with Crippen LogP contribution in [0, 0.1) is 0 Å². The van der Waals surface area contributed by atoms with Crippen LogP contribution in [0.4, 0.5) is 0 Å². The van der Waals surface area contributed by atoms with E-state index >= 15 is 0 Å². The number of hydrogen-bond donors (Lipinski definition) is 2. The number of aromatic hydroxyl groups is 1. The molecule has 3 aromatic rings. The Labute approximate surface area is 112 Å². The monoisotopic (exact) mass is 249 g/mol. The molecule has 3 aromatic carbocycles. The first-order valence-corrected chi connectivity index (χ1v) is 6.28. The number of hydrogen-bond acceptors (Lipinski definition) is 2. The molecule has 2 heteroatoms. The summed E-state index contributed by atoms with van der Waals surface area (Å²) in [5.41, 5.74) is 8.00. The van der Waals surface area contributed by atoms with E-state index in [4.69, 9.17) is 5.73 Å². The lowest BCUT2D eigenvalue weighted by molar-refractivity contribution is 0.472. The van der Waals surface area contributed by atoms with E-state index in [1.165, 1.54) is 0 Å². The molecule has 0 bridgehead atoms. The van der Waals surface area contributed by atoms with Crippen LogP contribution < -0.4 is 5.73 Å². The van der Waals surface area contributed by atoms with Gasteiger partial charge in [-0.1, -0.05) is 66.7 Å². The molecule has 0 aromatic heterocycles. The topological polar surface area (TPSA) is 46.2 Å². The maximum atomic E-state index is 10.4. The molecule has 2 nitrogen and oxygen atoms in total. The summed E-state index contributed by atoms with van der Waals surface area (Å²) in [6.45, 7) is 0. The Morgan fingerprint density at radius 3 is 2.26 bits per heavy atom. The van der Waals surface area contributed by atoms with Crippen LogP contribution in [0.15, 0.2) is 66.7 Å². The molecule has 3 N–H and O–H groups in total. The Morgan fingerprint density at radius 1 is 0.789 bits per heavy atom. The van der Waals surface area contributed by atoms with Crippen LogP contribution in [0.2, 0.25) is 0 Å². The molecular formula is C17H15NO. The van der Waals surface area contributed by atoms with Gasteiger partial charge < -0.3 is 10.8 Å². The fourth-order valence-electron chi connectivity index (χ4n) is 2.36. The van der Waals surface area contributed by atoms with Crippen LogP contribution in [0.3, 0.4) is 0 Å². The second kappa shape index (κ2) is 4.75. The highest BCUT2D eigenvalue weighted by molar-refractivity contribution is 5.89. The van der Waals surface area contributed by atoms with Gasteiger partial charge in [0.05, 0.1) is 6.04 Å². The van der Waals surface area contributed by atoms with Gasteiger partial charge in [0.1, 0.15) is 5.75 Å². The van der Waals surface area contributed by atoms with Crippen molar-refractivity contribution >= 4 is 10.8 Å². The minimum atomic E-state index is -0.314. The van der Waals surface area contributed by atoms with Crippen molar-refractivity contribution < 1.29 is 5.11 Å². The Kier molecular flexibility index (Phi) is 2.94. The fraction of sp³-hybridized carbons (Fsp3) is 0.0588. The van der Waals surface area contributed by atoms with Crippen LogP contribution in [-0.2, 0) is 0 Å². The van der Waals surface area contributed by atoms with Crippen molar-refractivity contribution in [2.24, 2.45) is 5.73 Å². The van der Waals surface area contributed by atoms with Crippen molar-refractivity contribution in [1.82, 2.24) is 0 Å². The van der Waals surface area contributed by atoms with Gasteiger partial charge in [-0.05, 0) is 10.9 Å². The van der Waals surface area contributed by atoms with E-state index in [1.54, 1.807) is 0 Å². The lowest BCUT2D eigenvalue weighted by Crippen LogP contribution is -2.11. The van der Waals surface area contributed by atoms with Gasteiger partial charge in [0, 0.05) is 10.9 Å². The van der Waals surface area contributed by atoms with Gasteiger partial charge in [0.15, 0.2) is 0 Å². The van der Waals surface area contributed by atoms with Crippen LogP contribution in [-0.4, -0.2) is 5.11 Å². The number of rotatable bonds is 2. The number of fused-ring (bicyclic) bond motifs is 1. The third kappa shape index (κ3) is 2.07. The Morgan fingerprint density at radius 2 is 1.47 bits per heavy atom. The van der Waals surface area contributed by atoms with Gasteiger partial charge in [-0.3, -0.25) is 0 Å². The molecule has 0 aliphatic rings. The zero-order chi connectivity index (χ0) is 13.2. The highest BCUT2D eigenvalue weighted by atomic mass is 16.3. The summed E-state index contributed by atoms with van der Waals surface area (Å²) >= 11 is 0. The third-order valence-electron chi connectivity index (χ3n) is 3.43. The molecule has 0 radical (unpaired) electrons. The van der Waals surface area contributed by atoms with Gasteiger partial charge >= 0.3 is 0 Å².